The van der Waals surface area contributed by atoms with E-state index in [1.165, 1.54) is 14.1 Å². The van der Waals surface area contributed by atoms with Crippen molar-refractivity contribution in [1.82, 2.24) is 10.2 Å². The average Bonchev–Trinajstić information content (AvgIpc) is 2.92. The molecular formula is C20H13F29N2O. The van der Waals surface area contributed by atoms with Crippen molar-refractivity contribution in [1.29, 1.82) is 0 Å². The van der Waals surface area contributed by atoms with Gasteiger partial charge in [0.25, 0.3) is 5.91 Å². The summed E-state index contributed by atoms with van der Waals surface area (Å²) in [6, 6.07) is 0. The van der Waals surface area contributed by atoms with E-state index < -0.39 is 102 Å². The van der Waals surface area contributed by atoms with E-state index in [4.69, 9.17) is 0 Å². The highest BCUT2D eigenvalue weighted by Gasteiger charge is 3.01. The van der Waals surface area contributed by atoms with Gasteiger partial charge in [-0.25, -0.2) is 0 Å². The standard InChI is InChI=1S/C20H13F29N2O/c1-51(2)5-3-4-50-6(52)7(21,22)8(23,24)9(25,26)10(27,28)11(29,30)12(31,32)13(33,34)14(35,36)15(37,38)16(39,40)17(41,42)18(43,44)19(45,46)20(47,48)49/h3-5H2,1-2H3,(H,50,52). The van der Waals surface area contributed by atoms with E-state index in [1.54, 1.807) is 0 Å². The highest BCUT2D eigenvalue weighted by Crippen LogP contribution is 2.69. The van der Waals surface area contributed by atoms with Crippen LogP contribution in [0.2, 0.25) is 0 Å². The lowest BCUT2D eigenvalue weighted by molar-refractivity contribution is -0.486. The fourth-order valence-corrected chi connectivity index (χ4v) is 3.20. The van der Waals surface area contributed by atoms with E-state index in [9.17, 15) is 132 Å². The van der Waals surface area contributed by atoms with Crippen molar-refractivity contribution in [3.05, 3.63) is 0 Å². The van der Waals surface area contributed by atoms with Gasteiger partial charge in [-0.15, -0.1) is 0 Å². The SMILES string of the molecule is CN(C)CCCNC(=O)C(F)(F)C(F)(F)C(F)(F)C(F)(F)C(F)(F)C(F)(F)C(F)(F)C(F)(F)C(F)(F)C(F)(F)C(F)(F)C(F)(F)C(F)(F)C(F)(F)F. The number of carbonyl (C=O) groups is 1. The Morgan fingerprint density at radius 2 is 0.596 bits per heavy atom. The minimum absolute atomic E-state index is 0.304. The summed E-state index contributed by atoms with van der Waals surface area (Å²) in [7, 11) is 2.39. The molecule has 0 aliphatic rings. The lowest BCUT2D eigenvalue weighted by atomic mass is 9.83. The second kappa shape index (κ2) is 13.0. The van der Waals surface area contributed by atoms with Crippen LogP contribution in [0.4, 0.5) is 127 Å². The molecule has 312 valence electrons. The molecule has 52 heavy (non-hydrogen) atoms. The molecule has 1 N–H and O–H groups in total. The van der Waals surface area contributed by atoms with Gasteiger partial charge in [-0.05, 0) is 27.1 Å². The van der Waals surface area contributed by atoms with Crippen LogP contribution in [-0.2, 0) is 4.79 Å². The monoisotopic (exact) mass is 848 g/mol. The predicted octanol–water partition coefficient (Wildman–Crippen LogP) is 8.88. The first-order valence-corrected chi connectivity index (χ1v) is 12.0. The van der Waals surface area contributed by atoms with Gasteiger partial charge in [0.05, 0.1) is 0 Å². The lowest BCUT2D eigenvalue weighted by Gasteiger charge is -2.46. The van der Waals surface area contributed by atoms with Gasteiger partial charge < -0.3 is 10.2 Å². The number of nitrogens with zero attached hydrogens (tertiary/aromatic N) is 1. The van der Waals surface area contributed by atoms with E-state index in [0.717, 1.165) is 4.90 Å². The van der Waals surface area contributed by atoms with E-state index >= 15 is 0 Å². The van der Waals surface area contributed by atoms with Gasteiger partial charge in [0, 0.05) is 6.54 Å². The molecule has 3 nitrogen and oxygen atoms in total. The van der Waals surface area contributed by atoms with E-state index in [-0.39, 0.29) is 6.54 Å². The van der Waals surface area contributed by atoms with Crippen molar-refractivity contribution in [2.75, 3.05) is 27.2 Å². The van der Waals surface area contributed by atoms with Gasteiger partial charge >= 0.3 is 83.2 Å². The van der Waals surface area contributed by atoms with Crippen molar-refractivity contribution in [2.24, 2.45) is 0 Å². The van der Waals surface area contributed by atoms with Gasteiger partial charge in [-0.2, -0.15) is 127 Å². The zero-order chi connectivity index (χ0) is 43.0. The van der Waals surface area contributed by atoms with Gasteiger partial charge in [0.15, 0.2) is 0 Å². The number of amides is 1. The van der Waals surface area contributed by atoms with Gasteiger partial charge in [0.1, 0.15) is 0 Å². The molecular weight excluding hydrogens is 835 g/mol. The molecule has 0 rings (SSSR count). The van der Waals surface area contributed by atoms with Gasteiger partial charge in [0.2, 0.25) is 0 Å². The van der Waals surface area contributed by atoms with Crippen LogP contribution in [0.5, 0.6) is 0 Å². The first kappa shape index (κ1) is 49.4. The van der Waals surface area contributed by atoms with Crippen molar-refractivity contribution < 1.29 is 132 Å². The largest absolute Gasteiger partial charge is 0.460 e. The minimum Gasteiger partial charge on any atom is -0.351 e. The zero-order valence-electron chi connectivity index (χ0n) is 23.9. The molecule has 0 atom stereocenters. The number of nitrogens with one attached hydrogen (secondary N) is 1. The summed E-state index contributed by atoms with van der Waals surface area (Å²) in [6.07, 6.45) is -8.94. The zero-order valence-corrected chi connectivity index (χ0v) is 23.9. The van der Waals surface area contributed by atoms with Crippen molar-refractivity contribution >= 4 is 5.91 Å². The number of halogens is 29. The van der Waals surface area contributed by atoms with Gasteiger partial charge in [-0.1, -0.05) is 0 Å². The molecule has 0 saturated carbocycles. The molecule has 1 amide bonds. The van der Waals surface area contributed by atoms with E-state index in [1.807, 2.05) is 0 Å². The van der Waals surface area contributed by atoms with Crippen LogP contribution in [0.1, 0.15) is 6.42 Å². The molecule has 0 unspecified atom stereocenters. The smallest absolute Gasteiger partial charge is 0.351 e. The third-order valence-electron chi connectivity index (χ3n) is 6.44. The Morgan fingerprint density at radius 1 is 0.385 bits per heavy atom. The van der Waals surface area contributed by atoms with Crippen LogP contribution in [0, 0.1) is 0 Å². The molecule has 0 radical (unpaired) electrons. The number of hydrogen-bond acceptors (Lipinski definition) is 2. The maximum Gasteiger partial charge on any atom is 0.460 e. The predicted molar refractivity (Wildman–Crippen MR) is 107 cm³/mol. The number of carbonyl (C=O) groups excluding carboxylic acids is 1. The Hall–Kier alpha value is -2.60. The highest BCUT2D eigenvalue weighted by atomic mass is 19.4. The summed E-state index contributed by atoms with van der Waals surface area (Å²) in [5.74, 6) is -126. The Labute approximate surface area is 266 Å². The molecule has 0 fully saturated rings. The fraction of sp³-hybridized carbons (Fsp3) is 0.950. The first-order chi connectivity index (χ1) is 22.1. The molecule has 0 aromatic rings. The molecule has 0 heterocycles. The van der Waals surface area contributed by atoms with Crippen molar-refractivity contribution in [2.45, 2.75) is 89.6 Å². The quantitative estimate of drug-likeness (QED) is 0.117. The summed E-state index contributed by atoms with van der Waals surface area (Å²) in [6.45, 7) is -1.63. The molecule has 32 heteroatoms. The second-order valence-corrected chi connectivity index (χ2v) is 10.4. The van der Waals surface area contributed by atoms with Crippen LogP contribution in [-0.4, -0.2) is 121 Å². The van der Waals surface area contributed by atoms with E-state index in [0.29, 0.717) is 5.32 Å². The third kappa shape index (κ3) is 6.29. The Balaban J connectivity index is 7.36. The summed E-state index contributed by atoms with van der Waals surface area (Å²) in [5.41, 5.74) is 0. The van der Waals surface area contributed by atoms with Crippen LogP contribution in [0.3, 0.4) is 0 Å². The maximum atomic E-state index is 13.9. The number of alkyl halides is 29. The molecule has 0 saturated heterocycles. The lowest BCUT2D eigenvalue weighted by Crippen LogP contribution is -2.79. The molecule has 0 aliphatic carbocycles. The molecule has 0 bridgehead atoms. The minimum atomic E-state index is -9.98. The van der Waals surface area contributed by atoms with Crippen LogP contribution >= 0.6 is 0 Å². The normalized spacial score (nSPS) is 16.5. The summed E-state index contributed by atoms with van der Waals surface area (Å²) < 4.78 is 392. The van der Waals surface area contributed by atoms with E-state index in [2.05, 4.69) is 0 Å². The molecule has 0 aromatic carbocycles. The highest BCUT2D eigenvalue weighted by molar-refractivity contribution is 5.84. The topological polar surface area (TPSA) is 32.3 Å². The summed E-state index contributed by atoms with van der Waals surface area (Å²) in [4.78, 5) is 12.4. The second-order valence-electron chi connectivity index (χ2n) is 10.4. The Bertz CT molecular complexity index is 1280. The fourth-order valence-electron chi connectivity index (χ4n) is 3.20. The summed E-state index contributed by atoms with van der Waals surface area (Å²) in [5, 5.41) is 0.585. The van der Waals surface area contributed by atoms with Gasteiger partial charge in [-0.3, -0.25) is 4.79 Å². The van der Waals surface area contributed by atoms with Crippen LogP contribution in [0.25, 0.3) is 0 Å². The Morgan fingerprint density at radius 3 is 0.808 bits per heavy atom. The van der Waals surface area contributed by atoms with Crippen LogP contribution in [0.15, 0.2) is 0 Å². The van der Waals surface area contributed by atoms with Crippen molar-refractivity contribution in [3.8, 4) is 0 Å². The van der Waals surface area contributed by atoms with Crippen LogP contribution < -0.4 is 5.32 Å². The molecule has 0 spiro atoms. The maximum absolute atomic E-state index is 13.9. The summed E-state index contributed by atoms with van der Waals surface area (Å²) >= 11 is 0. The first-order valence-electron chi connectivity index (χ1n) is 12.0. The number of rotatable bonds is 17. The van der Waals surface area contributed by atoms with Crippen molar-refractivity contribution in [3.63, 3.8) is 0 Å². The number of hydrogen-bond donors (Lipinski definition) is 1. The third-order valence-corrected chi connectivity index (χ3v) is 6.44. The Kier molecular flexibility index (Phi) is 12.4. The molecule has 0 aromatic heterocycles. The molecule has 0 aliphatic heterocycles. The average molecular weight is 848 g/mol.